The van der Waals surface area contributed by atoms with Crippen LogP contribution in [0.15, 0.2) is 48.9 Å². The Morgan fingerprint density at radius 3 is 2.57 bits per heavy atom. The molecule has 1 unspecified atom stereocenters. The summed E-state index contributed by atoms with van der Waals surface area (Å²) in [5.74, 6) is -2.52. The molecule has 3 atom stereocenters. The average molecular weight is 645 g/mol. The maximum atomic E-state index is 15.1. The van der Waals surface area contributed by atoms with E-state index in [4.69, 9.17) is 10.00 Å². The smallest absolute Gasteiger partial charge is 0.254 e. The molecule has 0 radical (unpaired) electrons. The van der Waals surface area contributed by atoms with Gasteiger partial charge >= 0.3 is 0 Å². The summed E-state index contributed by atoms with van der Waals surface area (Å²) in [4.78, 5) is 38.6. The number of hydrogen-bond donors (Lipinski definition) is 3. The highest BCUT2D eigenvalue weighted by Gasteiger charge is 2.39. The third-order valence-electron chi connectivity index (χ3n) is 8.51. The van der Waals surface area contributed by atoms with Crippen LogP contribution in [-0.4, -0.2) is 91.6 Å². The van der Waals surface area contributed by atoms with E-state index in [9.17, 15) is 19.1 Å². The van der Waals surface area contributed by atoms with Crippen molar-refractivity contribution in [1.29, 1.82) is 5.26 Å². The molecule has 47 heavy (non-hydrogen) atoms. The Labute approximate surface area is 269 Å². The number of aryl methyl sites for hydroxylation is 1. The van der Waals surface area contributed by atoms with E-state index in [0.717, 1.165) is 5.56 Å². The fourth-order valence-corrected chi connectivity index (χ4v) is 5.98. The van der Waals surface area contributed by atoms with Crippen molar-refractivity contribution in [2.75, 3.05) is 38.0 Å². The van der Waals surface area contributed by atoms with Gasteiger partial charge in [0.05, 0.1) is 23.5 Å². The van der Waals surface area contributed by atoms with Gasteiger partial charge in [0.15, 0.2) is 29.1 Å². The van der Waals surface area contributed by atoms with Gasteiger partial charge in [-0.1, -0.05) is 0 Å². The van der Waals surface area contributed by atoms with Crippen molar-refractivity contribution in [1.82, 2.24) is 29.5 Å². The van der Waals surface area contributed by atoms with Gasteiger partial charge in [0.25, 0.3) is 5.91 Å². The standard InChI is InChI=1S/C33H34F2N8O4/c1-19-14-21(4-5-22(19)31(44)41-10-12-42(13-11-41)32(45)24-15-33(3,46)18-39-24)40-29-30-38-17-25(43(30)9-8-37-29)23-6-7-26(28(35)27(23)34)47-20(2)16-36/h4-9,14,17,20,24,39,46H,10-13,15,18H2,1-3H3,(H,37,40)/t20-,24?,33+/m1/s1. The second-order valence-corrected chi connectivity index (χ2v) is 12.1. The molecule has 4 aromatic rings. The van der Waals surface area contributed by atoms with Gasteiger partial charge in [-0.15, -0.1) is 0 Å². The van der Waals surface area contributed by atoms with E-state index in [1.165, 1.54) is 31.5 Å². The average Bonchev–Trinajstić information content (AvgIpc) is 3.66. The number of nitrogens with zero attached hydrogens (tertiary/aromatic N) is 6. The van der Waals surface area contributed by atoms with E-state index < -0.39 is 29.4 Å². The number of carbonyl (C=O) groups is 2. The lowest BCUT2D eigenvalue weighted by molar-refractivity contribution is -0.134. The number of aliphatic hydroxyl groups is 1. The molecule has 2 aromatic heterocycles. The number of fused-ring (bicyclic) bond motifs is 1. The zero-order valence-electron chi connectivity index (χ0n) is 26.1. The van der Waals surface area contributed by atoms with Crippen molar-refractivity contribution < 1.29 is 28.2 Å². The van der Waals surface area contributed by atoms with E-state index in [-0.39, 0.29) is 28.8 Å². The summed E-state index contributed by atoms with van der Waals surface area (Å²) in [6.07, 6.45) is 3.90. The first kappa shape index (κ1) is 31.8. The summed E-state index contributed by atoms with van der Waals surface area (Å²) >= 11 is 0. The Kier molecular flexibility index (Phi) is 8.52. The molecule has 2 saturated heterocycles. The Hall–Kier alpha value is -5.13. The zero-order chi connectivity index (χ0) is 33.5. The molecule has 0 saturated carbocycles. The number of ether oxygens (including phenoxy) is 1. The number of aromatic nitrogens is 3. The molecule has 12 nitrogen and oxygen atoms in total. The number of anilines is 2. The normalized spacial score (nSPS) is 20.2. The van der Waals surface area contributed by atoms with Gasteiger partial charge in [-0.05, 0) is 56.7 Å². The van der Waals surface area contributed by atoms with Crippen LogP contribution in [0.3, 0.4) is 0 Å². The lowest BCUT2D eigenvalue weighted by atomic mass is 10.0. The van der Waals surface area contributed by atoms with E-state index in [0.29, 0.717) is 61.9 Å². The Balaban J connectivity index is 1.14. The highest BCUT2D eigenvalue weighted by Crippen LogP contribution is 2.32. The molecule has 2 aromatic carbocycles. The number of hydrogen-bond acceptors (Lipinski definition) is 9. The van der Waals surface area contributed by atoms with Crippen LogP contribution in [0.4, 0.5) is 20.3 Å². The lowest BCUT2D eigenvalue weighted by Crippen LogP contribution is -2.54. The number of benzene rings is 2. The van der Waals surface area contributed by atoms with E-state index in [2.05, 4.69) is 20.6 Å². The van der Waals surface area contributed by atoms with Gasteiger partial charge in [-0.25, -0.2) is 14.4 Å². The number of imidazole rings is 1. The van der Waals surface area contributed by atoms with Gasteiger partial charge in [0, 0.05) is 68.4 Å². The van der Waals surface area contributed by atoms with Crippen LogP contribution in [0.5, 0.6) is 5.75 Å². The maximum Gasteiger partial charge on any atom is 0.254 e. The van der Waals surface area contributed by atoms with Crippen LogP contribution >= 0.6 is 0 Å². The number of amides is 2. The zero-order valence-corrected chi connectivity index (χ0v) is 26.1. The number of piperazine rings is 1. The summed E-state index contributed by atoms with van der Waals surface area (Å²) in [6.45, 7) is 6.99. The number of rotatable bonds is 7. The fraction of sp³-hybridized carbons (Fsp3) is 0.364. The van der Waals surface area contributed by atoms with Crippen molar-refractivity contribution in [3.63, 3.8) is 0 Å². The monoisotopic (exact) mass is 644 g/mol. The van der Waals surface area contributed by atoms with Crippen LogP contribution < -0.4 is 15.4 Å². The summed E-state index contributed by atoms with van der Waals surface area (Å²) in [7, 11) is 0. The summed E-state index contributed by atoms with van der Waals surface area (Å²) < 4.78 is 36.6. The summed E-state index contributed by atoms with van der Waals surface area (Å²) in [5, 5.41) is 25.4. The van der Waals surface area contributed by atoms with Crippen molar-refractivity contribution in [2.45, 2.75) is 44.9 Å². The number of β-amino-alcohol motifs (C(OH)–C–C–N with tert-alkyl or cyclic N) is 1. The number of halogens is 2. The Morgan fingerprint density at radius 1 is 1.15 bits per heavy atom. The van der Waals surface area contributed by atoms with Gasteiger partial charge in [-0.2, -0.15) is 9.65 Å². The molecule has 244 valence electrons. The maximum absolute atomic E-state index is 15.1. The quantitative estimate of drug-likeness (QED) is 0.275. The molecular weight excluding hydrogens is 610 g/mol. The minimum atomic E-state index is -1.20. The highest BCUT2D eigenvalue weighted by atomic mass is 19.2. The molecule has 4 heterocycles. The van der Waals surface area contributed by atoms with Crippen molar-refractivity contribution in [3.8, 4) is 23.1 Å². The van der Waals surface area contributed by atoms with Crippen LogP contribution in [0.25, 0.3) is 16.9 Å². The third kappa shape index (κ3) is 6.32. The van der Waals surface area contributed by atoms with Crippen LogP contribution in [0, 0.1) is 29.9 Å². The molecular formula is C33H34F2N8O4. The van der Waals surface area contributed by atoms with E-state index >= 15 is 4.39 Å². The van der Waals surface area contributed by atoms with Gasteiger partial charge in [0.1, 0.15) is 6.07 Å². The Bertz CT molecular complexity index is 1900. The summed E-state index contributed by atoms with van der Waals surface area (Å²) in [6, 6.07) is 9.33. The van der Waals surface area contributed by atoms with Crippen molar-refractivity contribution in [2.24, 2.45) is 0 Å². The molecule has 0 spiro atoms. The molecule has 2 fully saturated rings. The van der Waals surface area contributed by atoms with E-state index in [1.807, 2.05) is 19.1 Å². The van der Waals surface area contributed by atoms with Crippen molar-refractivity contribution >= 4 is 29.0 Å². The highest BCUT2D eigenvalue weighted by molar-refractivity contribution is 5.96. The molecule has 3 N–H and O–H groups in total. The van der Waals surface area contributed by atoms with Crippen LogP contribution in [0.1, 0.15) is 36.2 Å². The second-order valence-electron chi connectivity index (χ2n) is 12.1. The minimum Gasteiger partial charge on any atom is -0.473 e. The predicted octanol–water partition coefficient (Wildman–Crippen LogP) is 3.41. The van der Waals surface area contributed by atoms with Crippen LogP contribution in [-0.2, 0) is 4.79 Å². The minimum absolute atomic E-state index is 0.0450. The van der Waals surface area contributed by atoms with E-state index in [1.54, 1.807) is 39.5 Å². The predicted molar refractivity (Wildman–Crippen MR) is 168 cm³/mol. The second kappa shape index (κ2) is 12.6. The molecule has 2 aliphatic rings. The first-order chi connectivity index (χ1) is 22.5. The molecule has 6 rings (SSSR count). The first-order valence-corrected chi connectivity index (χ1v) is 15.2. The summed E-state index contributed by atoms with van der Waals surface area (Å²) in [5.41, 5.74) is 1.61. The molecule has 0 aliphatic carbocycles. The molecule has 2 aliphatic heterocycles. The molecule has 2 amide bonds. The topological polar surface area (TPSA) is 148 Å². The largest absolute Gasteiger partial charge is 0.473 e. The van der Waals surface area contributed by atoms with Crippen molar-refractivity contribution in [3.05, 3.63) is 71.7 Å². The molecule has 0 bridgehead atoms. The van der Waals surface area contributed by atoms with Gasteiger partial charge in [0.2, 0.25) is 11.7 Å². The number of nitrogens with one attached hydrogen (secondary N) is 2. The first-order valence-electron chi connectivity index (χ1n) is 15.2. The Morgan fingerprint density at radius 2 is 1.89 bits per heavy atom. The van der Waals surface area contributed by atoms with Gasteiger partial charge in [-0.3, -0.25) is 14.0 Å². The third-order valence-corrected chi connectivity index (χ3v) is 8.51. The number of carbonyl (C=O) groups excluding carboxylic acids is 2. The van der Waals surface area contributed by atoms with Gasteiger partial charge < -0.3 is 30.3 Å². The number of nitriles is 1. The van der Waals surface area contributed by atoms with Crippen LogP contribution in [0.2, 0.25) is 0 Å². The lowest BCUT2D eigenvalue weighted by Gasteiger charge is -2.36. The molecule has 14 heteroatoms. The fourth-order valence-electron chi connectivity index (χ4n) is 5.98. The SMILES string of the molecule is Cc1cc(Nc2nccn3c(-c4ccc(O[C@H](C)C#N)c(F)c4F)cnc23)ccc1C(=O)N1CCN(C(=O)C2C[C@](C)(O)CN2)CC1.